The fourth-order valence-corrected chi connectivity index (χ4v) is 9.58. The van der Waals surface area contributed by atoms with Crippen LogP contribution in [0.4, 0.5) is 9.59 Å². The van der Waals surface area contributed by atoms with E-state index in [0.29, 0.717) is 44.1 Å². The molecule has 4 amide bonds. The van der Waals surface area contributed by atoms with Crippen LogP contribution in [0.25, 0.3) is 44.4 Å². The van der Waals surface area contributed by atoms with Gasteiger partial charge in [-0.3, -0.25) is 9.59 Å². The second kappa shape index (κ2) is 19.4. The third kappa shape index (κ3) is 9.46. The van der Waals surface area contributed by atoms with Crippen LogP contribution in [0.1, 0.15) is 80.3 Å². The molecular formula is C50H54N8O7. The Bertz CT molecular complexity index is 2640. The molecule has 2 aromatic heterocycles. The van der Waals surface area contributed by atoms with Crippen LogP contribution < -0.4 is 10.6 Å². The molecule has 5 heterocycles. The predicted molar refractivity (Wildman–Crippen MR) is 244 cm³/mol. The van der Waals surface area contributed by atoms with Crippen molar-refractivity contribution in [3.05, 3.63) is 121 Å². The third-order valence-electron chi connectivity index (χ3n) is 13.1. The number of nitrogens with one attached hydrogen (secondary N) is 4. The summed E-state index contributed by atoms with van der Waals surface area (Å²) in [7, 11) is 2.60. The number of aromatic amines is 2. The molecule has 3 saturated heterocycles. The maximum atomic E-state index is 14.0. The van der Waals surface area contributed by atoms with Crippen molar-refractivity contribution in [1.29, 1.82) is 0 Å². The standard InChI is InChI=1S/C50H54N8O7/c1-63-49(61)55-39(26-31-20-24-65-25-21-31)47(59)57-22-6-10-42(57)45-52-30-41(54-45)38-19-18-36-27-35(16-17-37(36)28-38)32-12-14-33(15-13-32)40-29-51-46(53-40)43-11-7-23-58(43)48(60)44(56-50(62)64-2)34-8-4-3-5-9-34/h3-5,8-9,12-19,27-31,39,42-44H,6-7,10-11,20-26H2,1-2H3,(H,51,53)(H,52,54)(H,55,61)(H,56,62)/t39-,42-,43-,44+/m0/s1. The molecule has 3 aliphatic rings. The van der Waals surface area contributed by atoms with Crippen LogP contribution in [-0.2, 0) is 23.8 Å². The highest BCUT2D eigenvalue weighted by molar-refractivity contribution is 5.91. The normalized spacial score (nSPS) is 18.6. The van der Waals surface area contributed by atoms with E-state index >= 15 is 0 Å². The van der Waals surface area contributed by atoms with Crippen molar-refractivity contribution < 1.29 is 33.4 Å². The van der Waals surface area contributed by atoms with Crippen molar-refractivity contribution in [1.82, 2.24) is 40.4 Å². The maximum absolute atomic E-state index is 14.0. The molecular weight excluding hydrogens is 825 g/mol. The van der Waals surface area contributed by atoms with Gasteiger partial charge in [-0.25, -0.2) is 19.6 Å². The third-order valence-corrected chi connectivity index (χ3v) is 13.1. The molecule has 4 aromatic carbocycles. The van der Waals surface area contributed by atoms with E-state index in [-0.39, 0.29) is 29.8 Å². The maximum Gasteiger partial charge on any atom is 0.407 e. The number of aromatic nitrogens is 4. The van der Waals surface area contributed by atoms with Crippen molar-refractivity contribution in [2.75, 3.05) is 40.5 Å². The summed E-state index contributed by atoms with van der Waals surface area (Å²) in [6, 6.07) is 28.3. The van der Waals surface area contributed by atoms with Crippen molar-refractivity contribution in [2.24, 2.45) is 5.92 Å². The highest BCUT2D eigenvalue weighted by Crippen LogP contribution is 2.37. The van der Waals surface area contributed by atoms with Gasteiger partial charge in [0.15, 0.2) is 0 Å². The van der Waals surface area contributed by atoms with Crippen LogP contribution in [0.2, 0.25) is 0 Å². The highest BCUT2D eigenvalue weighted by Gasteiger charge is 2.39. The van der Waals surface area contributed by atoms with E-state index in [4.69, 9.17) is 24.2 Å². The lowest BCUT2D eigenvalue weighted by Gasteiger charge is -2.31. The molecule has 15 heteroatoms. The number of benzene rings is 4. The summed E-state index contributed by atoms with van der Waals surface area (Å²) >= 11 is 0. The van der Waals surface area contributed by atoms with E-state index in [9.17, 15) is 19.2 Å². The van der Waals surface area contributed by atoms with Gasteiger partial charge < -0.3 is 44.6 Å². The summed E-state index contributed by atoms with van der Waals surface area (Å²) in [5.41, 5.74) is 6.52. The second-order valence-corrected chi connectivity index (χ2v) is 17.1. The number of ether oxygens (including phenoxy) is 3. The highest BCUT2D eigenvalue weighted by atomic mass is 16.5. The molecule has 336 valence electrons. The Morgan fingerprint density at radius 1 is 0.662 bits per heavy atom. The summed E-state index contributed by atoms with van der Waals surface area (Å²) in [5, 5.41) is 7.71. The van der Waals surface area contributed by atoms with Gasteiger partial charge in [-0.2, -0.15) is 0 Å². The minimum Gasteiger partial charge on any atom is -0.453 e. The molecule has 0 saturated carbocycles. The number of nitrogens with zero attached hydrogens (tertiary/aromatic N) is 4. The topological polar surface area (TPSA) is 184 Å². The molecule has 9 rings (SSSR count). The number of carbonyl (C=O) groups excluding carboxylic acids is 4. The molecule has 4 atom stereocenters. The van der Waals surface area contributed by atoms with E-state index in [2.05, 4.69) is 81.3 Å². The van der Waals surface area contributed by atoms with Crippen LogP contribution in [0, 0.1) is 5.92 Å². The Labute approximate surface area is 377 Å². The number of amides is 4. The smallest absolute Gasteiger partial charge is 0.407 e. The largest absolute Gasteiger partial charge is 0.453 e. The van der Waals surface area contributed by atoms with Gasteiger partial charge in [-0.05, 0) is 96.0 Å². The van der Waals surface area contributed by atoms with Crippen LogP contribution in [-0.4, -0.2) is 100 Å². The van der Waals surface area contributed by atoms with Crippen LogP contribution in [0.3, 0.4) is 0 Å². The van der Waals surface area contributed by atoms with Crippen LogP contribution in [0.5, 0.6) is 0 Å². The van der Waals surface area contributed by atoms with E-state index < -0.39 is 24.3 Å². The number of methoxy groups -OCH3 is 2. The lowest BCUT2D eigenvalue weighted by atomic mass is 9.92. The SMILES string of the molecule is COC(=O)N[C@@H](CC1CCOCC1)C(=O)N1CCC[C@H]1c1ncc(-c2ccc3cc(-c4ccc(-c5cnc([C@@H]6CCCN6C(=O)[C@H](NC(=O)OC)c6ccccc6)[nH]5)cc4)ccc3c2)[nH]1. The van der Waals surface area contributed by atoms with Gasteiger partial charge in [0.25, 0.3) is 5.91 Å². The average Bonchev–Trinajstić information content (AvgIpc) is 4.21. The van der Waals surface area contributed by atoms with Crippen LogP contribution in [0.15, 0.2) is 103 Å². The zero-order valence-corrected chi connectivity index (χ0v) is 36.6. The monoisotopic (exact) mass is 878 g/mol. The fraction of sp³-hybridized carbons (Fsp3) is 0.360. The molecule has 0 unspecified atom stereocenters. The number of alkyl carbamates (subject to hydrolysis) is 2. The lowest BCUT2D eigenvalue weighted by Crippen LogP contribution is -2.49. The number of fused-ring (bicyclic) bond motifs is 1. The first-order chi connectivity index (χ1) is 31.8. The molecule has 4 N–H and O–H groups in total. The van der Waals surface area contributed by atoms with Crippen molar-refractivity contribution in [2.45, 2.75) is 69.1 Å². The molecule has 0 radical (unpaired) electrons. The number of hydrogen-bond donors (Lipinski definition) is 4. The van der Waals surface area contributed by atoms with E-state index in [1.54, 1.807) is 4.90 Å². The van der Waals surface area contributed by atoms with Gasteiger partial charge in [0.05, 0.1) is 50.1 Å². The quantitative estimate of drug-likeness (QED) is 0.0940. The molecule has 3 fully saturated rings. The van der Waals surface area contributed by atoms with E-state index in [1.165, 1.54) is 14.2 Å². The average molecular weight is 879 g/mol. The number of likely N-dealkylation sites (tertiary alicyclic amines) is 2. The van der Waals surface area contributed by atoms with Gasteiger partial charge in [0.2, 0.25) is 5.91 Å². The van der Waals surface area contributed by atoms with Gasteiger partial charge >= 0.3 is 12.2 Å². The molecule has 0 bridgehead atoms. The van der Waals surface area contributed by atoms with Gasteiger partial charge in [-0.15, -0.1) is 0 Å². The number of hydrogen-bond acceptors (Lipinski definition) is 9. The summed E-state index contributed by atoms with van der Waals surface area (Å²) in [6.07, 6.45) is 7.82. The Morgan fingerprint density at radius 3 is 1.83 bits per heavy atom. The molecule has 0 aliphatic carbocycles. The fourth-order valence-electron chi connectivity index (χ4n) is 9.58. The summed E-state index contributed by atoms with van der Waals surface area (Å²) in [6.45, 7) is 2.47. The summed E-state index contributed by atoms with van der Waals surface area (Å²) in [5.74, 6) is 1.40. The Kier molecular flexibility index (Phi) is 12.9. The molecule has 0 spiro atoms. The Morgan fingerprint density at radius 2 is 1.20 bits per heavy atom. The number of H-pyrrole nitrogens is 2. The zero-order valence-electron chi connectivity index (χ0n) is 36.6. The Hall–Kier alpha value is -7.00. The van der Waals surface area contributed by atoms with Crippen LogP contribution >= 0.6 is 0 Å². The van der Waals surface area contributed by atoms with Gasteiger partial charge in [0, 0.05) is 31.9 Å². The zero-order chi connectivity index (χ0) is 44.9. The first-order valence-electron chi connectivity index (χ1n) is 22.4. The second-order valence-electron chi connectivity index (χ2n) is 17.1. The van der Waals surface area contributed by atoms with E-state index in [1.807, 2.05) is 47.6 Å². The molecule has 15 nitrogen and oxygen atoms in total. The summed E-state index contributed by atoms with van der Waals surface area (Å²) < 4.78 is 15.2. The number of imidazole rings is 2. The first kappa shape index (κ1) is 43.3. The minimum absolute atomic E-state index is 0.111. The molecule has 65 heavy (non-hydrogen) atoms. The van der Waals surface area contributed by atoms with Crippen molar-refractivity contribution >= 4 is 34.8 Å². The molecule has 3 aliphatic heterocycles. The lowest BCUT2D eigenvalue weighted by molar-refractivity contribution is -0.135. The van der Waals surface area contributed by atoms with Gasteiger partial charge in [0.1, 0.15) is 23.7 Å². The van der Waals surface area contributed by atoms with E-state index in [0.717, 1.165) is 88.8 Å². The summed E-state index contributed by atoms with van der Waals surface area (Å²) in [4.78, 5) is 72.6. The molecule has 6 aromatic rings. The first-order valence-corrected chi connectivity index (χ1v) is 22.4. The van der Waals surface area contributed by atoms with Crippen molar-refractivity contribution in [3.63, 3.8) is 0 Å². The number of carbonyl (C=O) groups is 4. The van der Waals surface area contributed by atoms with Crippen molar-refractivity contribution in [3.8, 4) is 33.6 Å². The Balaban J connectivity index is 0.862. The number of rotatable bonds is 12. The predicted octanol–water partition coefficient (Wildman–Crippen LogP) is 8.25. The van der Waals surface area contributed by atoms with Gasteiger partial charge in [-0.1, -0.05) is 78.9 Å². The minimum atomic E-state index is -0.882.